The third-order valence-electron chi connectivity index (χ3n) is 13.8. The van der Waals surface area contributed by atoms with Crippen molar-refractivity contribution in [1.82, 2.24) is 34.3 Å². The minimum Gasteiger partial charge on any atom is -0.474 e. The molecule has 0 bridgehead atoms. The summed E-state index contributed by atoms with van der Waals surface area (Å²) in [5.74, 6) is -0.265. The van der Waals surface area contributed by atoms with Crippen LogP contribution in [0.25, 0.3) is 21.8 Å². The zero-order valence-corrected chi connectivity index (χ0v) is 37.1. The van der Waals surface area contributed by atoms with E-state index in [2.05, 4.69) is 24.9 Å². The molecule has 9 rings (SSSR count). The van der Waals surface area contributed by atoms with Gasteiger partial charge in [0.1, 0.15) is 35.6 Å². The van der Waals surface area contributed by atoms with Crippen molar-refractivity contribution in [2.24, 2.45) is 12.5 Å². The Bertz CT molecular complexity index is 2740. The number of amides is 1. The van der Waals surface area contributed by atoms with Gasteiger partial charge in [0, 0.05) is 52.1 Å². The van der Waals surface area contributed by atoms with E-state index in [9.17, 15) is 18.5 Å². The maximum absolute atomic E-state index is 15.9. The second kappa shape index (κ2) is 17.4. The van der Waals surface area contributed by atoms with Crippen LogP contribution in [-0.4, -0.2) is 102 Å². The summed E-state index contributed by atoms with van der Waals surface area (Å²) in [6.07, 6.45) is 8.85. The summed E-state index contributed by atoms with van der Waals surface area (Å²) in [5.41, 5.74) is 1.98. The molecule has 4 heterocycles. The SMILES string of the molecule is CCN(C)S(=O)(=O)Nc1ccc(F)c(Oc2ccc3ncnc(OC4CC5(CCN(C6CCC(c7cc8c(cc7F)c(N7CCC(=O)NC7OC)nn8C)CC6)CC5)C4)c3c2)c1C#N. The fourth-order valence-electron chi connectivity index (χ4n) is 10.0. The van der Waals surface area contributed by atoms with Crippen LogP contribution in [0.5, 0.6) is 17.4 Å². The van der Waals surface area contributed by atoms with Crippen molar-refractivity contribution in [2.75, 3.05) is 50.0 Å². The van der Waals surface area contributed by atoms with E-state index >= 15 is 8.78 Å². The molecule has 3 aromatic carbocycles. The van der Waals surface area contributed by atoms with E-state index in [-0.39, 0.29) is 52.7 Å². The number of ether oxygens (including phenoxy) is 3. The average Bonchev–Trinajstić information content (AvgIpc) is 3.60. The fraction of sp³-hybridized carbons (Fsp3) is 0.489. The number of nitrogens with zero attached hydrogens (tertiary/aromatic N) is 8. The molecule has 16 nitrogen and oxygen atoms in total. The number of carbonyl (C=O) groups excluding carboxylic acids is 1. The van der Waals surface area contributed by atoms with Gasteiger partial charge >= 0.3 is 10.2 Å². The summed E-state index contributed by atoms with van der Waals surface area (Å²) < 4.78 is 79.6. The number of rotatable bonds is 12. The molecule has 2 saturated carbocycles. The number of likely N-dealkylation sites (tertiary alicyclic amines) is 1. The molecular weight excluding hydrogens is 847 g/mol. The molecule has 0 radical (unpaired) electrons. The van der Waals surface area contributed by atoms with Gasteiger partial charge < -0.3 is 29.3 Å². The Morgan fingerprint density at radius 1 is 1.02 bits per heavy atom. The molecule has 338 valence electrons. The summed E-state index contributed by atoms with van der Waals surface area (Å²) in [6, 6.07) is 13.1. The van der Waals surface area contributed by atoms with Crippen LogP contribution in [-0.2, 0) is 26.8 Å². The van der Waals surface area contributed by atoms with Gasteiger partial charge in [-0.3, -0.25) is 14.2 Å². The Hall–Kier alpha value is -5.68. The minimum atomic E-state index is -3.99. The van der Waals surface area contributed by atoms with Gasteiger partial charge in [-0.15, -0.1) is 0 Å². The van der Waals surface area contributed by atoms with E-state index in [1.807, 2.05) is 24.1 Å². The Morgan fingerprint density at radius 2 is 1.78 bits per heavy atom. The van der Waals surface area contributed by atoms with Crippen LogP contribution in [0.1, 0.15) is 81.8 Å². The monoisotopic (exact) mass is 898 g/mol. The van der Waals surface area contributed by atoms with Gasteiger partial charge in [-0.1, -0.05) is 6.92 Å². The number of anilines is 2. The van der Waals surface area contributed by atoms with Gasteiger partial charge in [0.05, 0.1) is 22.1 Å². The molecule has 1 unspecified atom stereocenters. The first-order valence-corrected chi connectivity index (χ1v) is 23.3. The highest BCUT2D eigenvalue weighted by molar-refractivity contribution is 7.90. The van der Waals surface area contributed by atoms with Gasteiger partial charge in [0.15, 0.2) is 17.4 Å². The van der Waals surface area contributed by atoms with Crippen LogP contribution in [0, 0.1) is 28.4 Å². The number of benzene rings is 3. The number of nitriles is 1. The highest BCUT2D eigenvalue weighted by atomic mass is 32.2. The predicted molar refractivity (Wildman–Crippen MR) is 235 cm³/mol. The van der Waals surface area contributed by atoms with Gasteiger partial charge in [-0.05, 0) is 124 Å². The average molecular weight is 899 g/mol. The lowest BCUT2D eigenvalue weighted by Gasteiger charge is -2.53. The quantitative estimate of drug-likeness (QED) is 0.136. The lowest BCUT2D eigenvalue weighted by Crippen LogP contribution is -2.55. The molecule has 5 aromatic rings. The number of aromatic nitrogens is 4. The van der Waals surface area contributed by atoms with Gasteiger partial charge in [-0.25, -0.2) is 18.7 Å². The maximum Gasteiger partial charge on any atom is 0.301 e. The molecule has 64 heavy (non-hydrogen) atoms. The summed E-state index contributed by atoms with van der Waals surface area (Å²) in [4.78, 5) is 25.3. The van der Waals surface area contributed by atoms with Crippen molar-refractivity contribution >= 4 is 49.4 Å². The van der Waals surface area contributed by atoms with E-state index in [1.165, 1.54) is 26.6 Å². The number of nitrogens with one attached hydrogen (secondary N) is 2. The number of piperidine rings is 1. The third-order valence-corrected chi connectivity index (χ3v) is 15.4. The summed E-state index contributed by atoms with van der Waals surface area (Å²) in [6.45, 7) is 4.30. The standard InChI is InChI=1S/C45H52F2N10O6S/c1-5-54(2)64(59,60)53-38-13-11-35(46)41(34(38)25-48)62-29-10-12-37-32(20-29)43(50-26-49-37)63-30-23-45(24-30)15-18-56(19-16-45)28-8-6-27(7-9-28)31-22-39-33(21-36(31)47)42(52-55(39)3)57-17-14-40(58)51-44(57)61-4/h10-13,20-22,26-28,30,44,53H,5-9,14-19,23-24H2,1-4H3,(H,51,58). The molecule has 2 N–H and O–H groups in total. The highest BCUT2D eigenvalue weighted by Crippen LogP contribution is 2.51. The number of aryl methyl sites for hydroxylation is 1. The zero-order valence-electron chi connectivity index (χ0n) is 36.3. The number of hydrogen-bond donors (Lipinski definition) is 2. The second-order valence-corrected chi connectivity index (χ2v) is 19.3. The van der Waals surface area contributed by atoms with Crippen molar-refractivity contribution in [2.45, 2.75) is 89.1 Å². The molecule has 2 aliphatic carbocycles. The lowest BCUT2D eigenvalue weighted by atomic mass is 9.61. The second-order valence-electron chi connectivity index (χ2n) is 17.5. The van der Waals surface area contributed by atoms with Crippen LogP contribution >= 0.6 is 0 Å². The highest BCUT2D eigenvalue weighted by Gasteiger charge is 2.48. The number of fused-ring (bicyclic) bond motifs is 2. The summed E-state index contributed by atoms with van der Waals surface area (Å²) in [5, 5.41) is 18.8. The zero-order chi connectivity index (χ0) is 44.9. The van der Waals surface area contributed by atoms with E-state index in [0.717, 1.165) is 85.9 Å². The van der Waals surface area contributed by atoms with Crippen LogP contribution in [0.15, 0.2) is 48.8 Å². The van der Waals surface area contributed by atoms with Crippen LogP contribution in [0.2, 0.25) is 0 Å². The topological polar surface area (TPSA) is 180 Å². The molecule has 4 fully saturated rings. The van der Waals surface area contributed by atoms with Gasteiger partial charge in [0.25, 0.3) is 0 Å². The third kappa shape index (κ3) is 8.28. The Labute approximate surface area is 370 Å². The Morgan fingerprint density at radius 3 is 2.50 bits per heavy atom. The first kappa shape index (κ1) is 43.6. The van der Waals surface area contributed by atoms with Crippen molar-refractivity contribution < 1.29 is 36.2 Å². The molecule has 19 heteroatoms. The number of carbonyl (C=O) groups is 1. The maximum atomic E-state index is 15.9. The van der Waals surface area contributed by atoms with E-state index in [4.69, 9.17) is 19.3 Å². The lowest BCUT2D eigenvalue weighted by molar-refractivity contribution is -0.126. The van der Waals surface area contributed by atoms with Crippen LogP contribution in [0.4, 0.5) is 20.3 Å². The van der Waals surface area contributed by atoms with Crippen molar-refractivity contribution in [1.29, 1.82) is 5.26 Å². The van der Waals surface area contributed by atoms with E-state index in [1.54, 1.807) is 35.9 Å². The van der Waals surface area contributed by atoms with E-state index < -0.39 is 28.1 Å². The van der Waals surface area contributed by atoms with E-state index in [0.29, 0.717) is 47.0 Å². The normalized spacial score (nSPS) is 21.8. The summed E-state index contributed by atoms with van der Waals surface area (Å²) in [7, 11) is 0.792. The predicted octanol–water partition coefficient (Wildman–Crippen LogP) is 6.67. The Balaban J connectivity index is 0.800. The molecule has 1 atom stereocenters. The smallest absolute Gasteiger partial charge is 0.301 e. The number of halogens is 2. The number of methoxy groups -OCH3 is 1. The first-order valence-electron chi connectivity index (χ1n) is 21.8. The van der Waals surface area contributed by atoms with Crippen molar-refractivity contribution in [3.63, 3.8) is 0 Å². The fourth-order valence-corrected chi connectivity index (χ4v) is 11.0. The summed E-state index contributed by atoms with van der Waals surface area (Å²) >= 11 is 0. The molecule has 2 aromatic heterocycles. The number of hydrogen-bond acceptors (Lipinski definition) is 12. The molecule has 1 amide bonds. The van der Waals surface area contributed by atoms with Gasteiger partial charge in [0.2, 0.25) is 18.1 Å². The van der Waals surface area contributed by atoms with Crippen molar-refractivity contribution in [3.05, 3.63) is 71.6 Å². The van der Waals surface area contributed by atoms with Gasteiger partial charge in [-0.2, -0.15) is 23.1 Å². The molecule has 1 spiro atoms. The molecule has 4 aliphatic rings. The van der Waals surface area contributed by atoms with Crippen LogP contribution < -0.4 is 24.4 Å². The molecule has 2 aliphatic heterocycles. The minimum absolute atomic E-state index is 0.0388. The van der Waals surface area contributed by atoms with Crippen LogP contribution in [0.3, 0.4) is 0 Å². The largest absolute Gasteiger partial charge is 0.474 e. The Kier molecular flexibility index (Phi) is 11.8. The molecule has 2 saturated heterocycles. The first-order chi connectivity index (χ1) is 30.8. The van der Waals surface area contributed by atoms with Crippen molar-refractivity contribution in [3.8, 4) is 23.4 Å². The molecular formula is C45H52F2N10O6S.